The van der Waals surface area contributed by atoms with Crippen LogP contribution in [0.5, 0.6) is 5.75 Å². The highest BCUT2D eigenvalue weighted by Crippen LogP contribution is 2.27. The first kappa shape index (κ1) is 19.9. The number of aryl methyl sites for hydroxylation is 2. The standard InChI is InChI=1S/C21H21NO5S/c1-26-17-8-5-15(6-9-17)21(25)22-19(23)12-27-20(24)13-28-18-10-7-14-3-2-4-16(14)11-18/h5-11H,2-4,12-13H2,1H3,(H,22,23,25). The Morgan fingerprint density at radius 2 is 1.79 bits per heavy atom. The van der Waals surface area contributed by atoms with Crippen molar-refractivity contribution in [3.05, 3.63) is 59.2 Å². The number of benzene rings is 2. The molecule has 0 aromatic heterocycles. The Morgan fingerprint density at radius 3 is 2.54 bits per heavy atom. The Hall–Kier alpha value is -2.80. The van der Waals surface area contributed by atoms with Gasteiger partial charge in [0.25, 0.3) is 11.8 Å². The molecule has 3 rings (SSSR count). The molecule has 2 amide bonds. The van der Waals surface area contributed by atoms with Crippen molar-refractivity contribution in [2.45, 2.75) is 24.2 Å². The Balaban J connectivity index is 1.40. The summed E-state index contributed by atoms with van der Waals surface area (Å²) in [7, 11) is 1.52. The Morgan fingerprint density at radius 1 is 1.04 bits per heavy atom. The number of methoxy groups -OCH3 is 1. The van der Waals surface area contributed by atoms with Gasteiger partial charge < -0.3 is 9.47 Å². The molecule has 28 heavy (non-hydrogen) atoms. The lowest BCUT2D eigenvalue weighted by Gasteiger charge is -2.07. The summed E-state index contributed by atoms with van der Waals surface area (Å²) in [5.41, 5.74) is 3.03. The van der Waals surface area contributed by atoms with Crippen molar-refractivity contribution < 1.29 is 23.9 Å². The molecule has 0 saturated heterocycles. The first-order valence-corrected chi connectivity index (χ1v) is 9.92. The zero-order chi connectivity index (χ0) is 19.9. The summed E-state index contributed by atoms with van der Waals surface area (Å²) in [6.45, 7) is -0.495. The molecule has 0 aliphatic heterocycles. The van der Waals surface area contributed by atoms with E-state index in [1.165, 1.54) is 36.4 Å². The molecule has 0 radical (unpaired) electrons. The van der Waals surface area contributed by atoms with Crippen LogP contribution in [0.25, 0.3) is 0 Å². The first-order chi connectivity index (χ1) is 13.5. The normalized spacial score (nSPS) is 12.2. The molecule has 7 heteroatoms. The van der Waals surface area contributed by atoms with Gasteiger partial charge in [-0.15, -0.1) is 11.8 Å². The molecule has 2 aromatic rings. The lowest BCUT2D eigenvalue weighted by molar-refractivity contribution is -0.145. The van der Waals surface area contributed by atoms with Crippen LogP contribution in [-0.2, 0) is 27.2 Å². The van der Waals surface area contributed by atoms with Crippen molar-refractivity contribution in [1.82, 2.24) is 5.32 Å². The summed E-state index contributed by atoms with van der Waals surface area (Å²) in [5, 5.41) is 2.19. The highest BCUT2D eigenvalue weighted by molar-refractivity contribution is 8.00. The van der Waals surface area contributed by atoms with Crippen LogP contribution < -0.4 is 10.1 Å². The largest absolute Gasteiger partial charge is 0.497 e. The van der Waals surface area contributed by atoms with E-state index in [-0.39, 0.29) is 5.75 Å². The van der Waals surface area contributed by atoms with E-state index < -0.39 is 24.4 Å². The number of fused-ring (bicyclic) bond motifs is 1. The van der Waals surface area contributed by atoms with E-state index in [0.717, 1.165) is 17.7 Å². The van der Waals surface area contributed by atoms with Gasteiger partial charge >= 0.3 is 5.97 Å². The highest BCUT2D eigenvalue weighted by Gasteiger charge is 2.14. The van der Waals surface area contributed by atoms with E-state index in [0.29, 0.717) is 11.3 Å². The third kappa shape index (κ3) is 5.36. The van der Waals surface area contributed by atoms with Crippen molar-refractivity contribution in [1.29, 1.82) is 0 Å². The number of esters is 1. The summed E-state index contributed by atoms with van der Waals surface area (Å²) < 4.78 is 9.96. The van der Waals surface area contributed by atoms with Crippen molar-refractivity contribution in [3.8, 4) is 5.75 Å². The highest BCUT2D eigenvalue weighted by atomic mass is 32.2. The van der Waals surface area contributed by atoms with E-state index in [1.54, 1.807) is 24.3 Å². The smallest absolute Gasteiger partial charge is 0.316 e. The molecule has 1 N–H and O–H groups in total. The fourth-order valence-electron chi connectivity index (χ4n) is 2.95. The minimum atomic E-state index is -0.670. The number of nitrogens with one attached hydrogen (secondary N) is 1. The topological polar surface area (TPSA) is 81.7 Å². The molecule has 2 aromatic carbocycles. The van der Waals surface area contributed by atoms with Crippen LogP contribution in [-0.4, -0.2) is 37.3 Å². The number of rotatable bonds is 7. The molecule has 146 valence electrons. The molecule has 0 spiro atoms. The van der Waals surface area contributed by atoms with E-state index in [4.69, 9.17) is 9.47 Å². The predicted octanol–water partition coefficient (Wildman–Crippen LogP) is 2.78. The number of ether oxygens (including phenoxy) is 2. The molecule has 0 saturated carbocycles. The molecular weight excluding hydrogens is 378 g/mol. The summed E-state index contributed by atoms with van der Waals surface area (Å²) in [6.07, 6.45) is 3.37. The van der Waals surface area contributed by atoms with Crippen molar-refractivity contribution in [2.75, 3.05) is 19.5 Å². The molecule has 0 heterocycles. The summed E-state index contributed by atoms with van der Waals surface area (Å²) >= 11 is 1.38. The second-order valence-electron chi connectivity index (χ2n) is 6.34. The molecule has 0 fully saturated rings. The number of imide groups is 1. The Kier molecular flexibility index (Phi) is 6.71. The quantitative estimate of drug-likeness (QED) is 0.570. The zero-order valence-electron chi connectivity index (χ0n) is 15.5. The maximum Gasteiger partial charge on any atom is 0.316 e. The van der Waals surface area contributed by atoms with Crippen molar-refractivity contribution in [3.63, 3.8) is 0 Å². The molecular formula is C21H21NO5S. The predicted molar refractivity (Wildman–Crippen MR) is 106 cm³/mol. The number of hydrogen-bond donors (Lipinski definition) is 1. The molecule has 1 aliphatic carbocycles. The fourth-order valence-corrected chi connectivity index (χ4v) is 3.70. The van der Waals surface area contributed by atoms with Crippen molar-refractivity contribution >= 4 is 29.5 Å². The number of carbonyl (C=O) groups excluding carboxylic acids is 3. The van der Waals surface area contributed by atoms with Gasteiger partial charge in [-0.25, -0.2) is 0 Å². The summed E-state index contributed by atoms with van der Waals surface area (Å²) in [4.78, 5) is 36.7. The lowest BCUT2D eigenvalue weighted by atomic mass is 10.1. The van der Waals surface area contributed by atoms with Gasteiger partial charge in [0, 0.05) is 10.5 Å². The monoisotopic (exact) mass is 399 g/mol. The lowest BCUT2D eigenvalue weighted by Crippen LogP contribution is -2.34. The van der Waals surface area contributed by atoms with Crippen LogP contribution in [0, 0.1) is 0 Å². The van der Waals surface area contributed by atoms with Crippen LogP contribution in [0.4, 0.5) is 0 Å². The average Bonchev–Trinajstić information content (AvgIpc) is 3.18. The third-order valence-corrected chi connectivity index (χ3v) is 5.36. The first-order valence-electron chi connectivity index (χ1n) is 8.93. The van der Waals surface area contributed by atoms with Gasteiger partial charge in [-0.05, 0) is 66.8 Å². The van der Waals surface area contributed by atoms with E-state index in [1.807, 2.05) is 6.07 Å². The second kappa shape index (κ2) is 9.41. The molecule has 1 aliphatic rings. The molecule has 0 bridgehead atoms. The minimum Gasteiger partial charge on any atom is -0.497 e. The van der Waals surface area contributed by atoms with Crippen LogP contribution in [0.15, 0.2) is 47.4 Å². The van der Waals surface area contributed by atoms with Crippen LogP contribution in [0.2, 0.25) is 0 Å². The fraction of sp³-hybridized carbons (Fsp3) is 0.286. The second-order valence-corrected chi connectivity index (χ2v) is 7.39. The van der Waals surface area contributed by atoms with Crippen LogP contribution in [0.3, 0.4) is 0 Å². The van der Waals surface area contributed by atoms with Gasteiger partial charge in [0.15, 0.2) is 6.61 Å². The summed E-state index contributed by atoms with van der Waals surface area (Å²) in [6, 6.07) is 12.5. The maximum absolute atomic E-state index is 12.0. The van der Waals surface area contributed by atoms with E-state index >= 15 is 0 Å². The van der Waals surface area contributed by atoms with Gasteiger partial charge in [-0.3, -0.25) is 19.7 Å². The maximum atomic E-state index is 12.0. The average molecular weight is 399 g/mol. The van der Waals surface area contributed by atoms with Gasteiger partial charge in [-0.2, -0.15) is 0 Å². The third-order valence-electron chi connectivity index (χ3n) is 4.40. The van der Waals surface area contributed by atoms with E-state index in [9.17, 15) is 14.4 Å². The Bertz CT molecular complexity index is 879. The van der Waals surface area contributed by atoms with Gasteiger partial charge in [0.1, 0.15) is 5.75 Å². The SMILES string of the molecule is COc1ccc(C(=O)NC(=O)COC(=O)CSc2ccc3c(c2)CCC3)cc1. The molecule has 6 nitrogen and oxygen atoms in total. The number of hydrogen-bond acceptors (Lipinski definition) is 6. The molecule has 0 atom stereocenters. The number of amides is 2. The zero-order valence-corrected chi connectivity index (χ0v) is 16.3. The van der Waals surface area contributed by atoms with Gasteiger partial charge in [0.05, 0.1) is 12.9 Å². The van der Waals surface area contributed by atoms with Crippen LogP contribution >= 0.6 is 11.8 Å². The Labute approximate surface area is 167 Å². The summed E-state index contributed by atoms with van der Waals surface area (Å²) in [5.74, 6) is -1.01. The molecule has 0 unspecified atom stereocenters. The minimum absolute atomic E-state index is 0.110. The van der Waals surface area contributed by atoms with Gasteiger partial charge in [-0.1, -0.05) is 6.07 Å². The van der Waals surface area contributed by atoms with Crippen molar-refractivity contribution in [2.24, 2.45) is 0 Å². The van der Waals surface area contributed by atoms with E-state index in [2.05, 4.69) is 17.4 Å². The number of thioether (sulfide) groups is 1. The van der Waals surface area contributed by atoms with Gasteiger partial charge in [0.2, 0.25) is 0 Å². The van der Waals surface area contributed by atoms with Crippen LogP contribution in [0.1, 0.15) is 27.9 Å². The number of carbonyl (C=O) groups is 3.